The number of aryl methyl sites for hydroxylation is 1. The van der Waals surface area contributed by atoms with E-state index in [9.17, 15) is 9.59 Å². The zero-order valence-corrected chi connectivity index (χ0v) is 10.6. The fourth-order valence-corrected chi connectivity index (χ4v) is 1.96. The summed E-state index contributed by atoms with van der Waals surface area (Å²) in [5.41, 5.74) is 1.16. The Morgan fingerprint density at radius 1 is 1.45 bits per heavy atom. The Labute approximate surface area is 114 Å². The minimum atomic E-state index is -1.22. The molecular weight excluding hydrogens is 266 g/mol. The van der Waals surface area contributed by atoms with Gasteiger partial charge in [-0.25, -0.2) is 14.3 Å². The van der Waals surface area contributed by atoms with E-state index in [4.69, 9.17) is 10.2 Å². The molecule has 0 fully saturated rings. The fourth-order valence-electron chi connectivity index (χ4n) is 1.96. The molecule has 5 N–H and O–H groups in total. The van der Waals surface area contributed by atoms with E-state index in [-0.39, 0.29) is 6.54 Å². The van der Waals surface area contributed by atoms with E-state index in [1.54, 1.807) is 10.9 Å². The number of nitrogens with zero attached hydrogens (tertiary/aromatic N) is 2. The maximum Gasteiger partial charge on any atom is 0.408 e. The number of rotatable bonds is 4. The smallest absolute Gasteiger partial charge is 0.408 e. The topological polar surface area (TPSA) is 129 Å². The Morgan fingerprint density at radius 2 is 2.25 bits per heavy atom. The van der Waals surface area contributed by atoms with Gasteiger partial charge in [0.25, 0.3) is 0 Å². The lowest BCUT2D eigenvalue weighted by molar-refractivity contribution is 0.195. The van der Waals surface area contributed by atoms with Crippen LogP contribution in [0.25, 0.3) is 5.57 Å². The van der Waals surface area contributed by atoms with Gasteiger partial charge in [0.15, 0.2) is 0 Å². The van der Waals surface area contributed by atoms with E-state index in [1.165, 1.54) is 6.20 Å². The van der Waals surface area contributed by atoms with Gasteiger partial charge in [0.1, 0.15) is 5.82 Å². The lowest BCUT2D eigenvalue weighted by Gasteiger charge is -2.18. The third kappa shape index (κ3) is 3.19. The van der Waals surface area contributed by atoms with Crippen molar-refractivity contribution in [3.8, 4) is 0 Å². The molecule has 108 valence electrons. The molecule has 0 spiro atoms. The molecule has 0 bridgehead atoms. The zero-order valence-electron chi connectivity index (χ0n) is 10.6. The summed E-state index contributed by atoms with van der Waals surface area (Å²) in [4.78, 5) is 21.2. The number of hydrogen-bond donors (Lipinski definition) is 5. The predicted octanol–water partition coefficient (Wildman–Crippen LogP) is 0.575. The second-order valence-electron chi connectivity index (χ2n) is 4.19. The zero-order chi connectivity index (χ0) is 14.5. The number of hydrogen-bond acceptors (Lipinski definition) is 4. The molecule has 2 amide bonds. The van der Waals surface area contributed by atoms with Crippen LogP contribution < -0.4 is 16.0 Å². The summed E-state index contributed by atoms with van der Waals surface area (Å²) in [7, 11) is 0. The molecule has 1 aliphatic rings. The largest absolute Gasteiger partial charge is 0.465 e. The first-order chi connectivity index (χ1) is 9.58. The lowest BCUT2D eigenvalue weighted by Crippen LogP contribution is -2.25. The monoisotopic (exact) mass is 281 g/mol. The number of carbonyl (C=O) groups is 2. The first kappa shape index (κ1) is 13.7. The van der Waals surface area contributed by atoms with Crippen molar-refractivity contribution >= 4 is 23.6 Å². The molecule has 0 unspecified atom stereocenters. The number of aromatic nitrogens is 2. The van der Waals surface area contributed by atoms with Gasteiger partial charge in [0.2, 0.25) is 0 Å². The van der Waals surface area contributed by atoms with Gasteiger partial charge in [0, 0.05) is 37.0 Å². The highest BCUT2D eigenvalue weighted by atomic mass is 16.4. The minimum Gasteiger partial charge on any atom is -0.465 e. The van der Waals surface area contributed by atoms with E-state index < -0.39 is 12.2 Å². The summed E-state index contributed by atoms with van der Waals surface area (Å²) in [6.07, 6.45) is 1.40. The van der Waals surface area contributed by atoms with Crippen molar-refractivity contribution < 1.29 is 19.8 Å². The van der Waals surface area contributed by atoms with Crippen LogP contribution in [0.15, 0.2) is 12.4 Å². The molecule has 1 aromatic heterocycles. The van der Waals surface area contributed by atoms with Crippen molar-refractivity contribution in [2.24, 2.45) is 0 Å². The lowest BCUT2D eigenvalue weighted by atomic mass is 10.1. The molecule has 0 radical (unpaired) electrons. The van der Waals surface area contributed by atoms with Crippen LogP contribution in [0.5, 0.6) is 0 Å². The van der Waals surface area contributed by atoms with Crippen LogP contribution in [0.2, 0.25) is 0 Å². The number of nitrogens with one attached hydrogen (secondary N) is 3. The molecule has 0 aliphatic carbocycles. The number of amides is 2. The normalized spacial score (nSPS) is 14.1. The summed E-state index contributed by atoms with van der Waals surface area (Å²) in [6, 6.07) is 0. The van der Waals surface area contributed by atoms with Crippen LogP contribution in [0.1, 0.15) is 12.0 Å². The first-order valence-electron chi connectivity index (χ1n) is 6.03. The standard InChI is InChI=1S/C11H15N5O4/c17-10(18)13-4-7(5-14-11(19)20)8-6-15-16-3-1-2-12-9(8)16/h4,6,12-14H,1-3,5H2,(H,17,18)(H,19,20). The maximum atomic E-state index is 10.6. The molecule has 9 heteroatoms. The third-order valence-corrected chi connectivity index (χ3v) is 2.82. The van der Waals surface area contributed by atoms with Crippen LogP contribution in [0.4, 0.5) is 15.4 Å². The number of carboxylic acid groups (broad SMARTS) is 2. The highest BCUT2D eigenvalue weighted by Gasteiger charge is 2.17. The van der Waals surface area contributed by atoms with Gasteiger partial charge < -0.3 is 20.8 Å². The maximum absolute atomic E-state index is 10.6. The average Bonchev–Trinajstić information content (AvgIpc) is 2.82. The summed E-state index contributed by atoms with van der Waals surface area (Å²) in [5.74, 6) is 0.766. The molecule has 1 aliphatic heterocycles. The fraction of sp³-hybridized carbons (Fsp3) is 0.364. The summed E-state index contributed by atoms with van der Waals surface area (Å²) < 4.78 is 1.77. The highest BCUT2D eigenvalue weighted by molar-refractivity contribution is 5.79. The Morgan fingerprint density at radius 3 is 2.95 bits per heavy atom. The predicted molar refractivity (Wildman–Crippen MR) is 70.5 cm³/mol. The molecule has 2 rings (SSSR count). The van der Waals surface area contributed by atoms with E-state index in [0.717, 1.165) is 25.3 Å². The van der Waals surface area contributed by atoms with Crippen LogP contribution in [0, 0.1) is 0 Å². The van der Waals surface area contributed by atoms with Crippen LogP contribution in [-0.4, -0.2) is 45.3 Å². The Bertz CT molecular complexity index is 551. The molecule has 2 heterocycles. The second kappa shape index (κ2) is 5.95. The van der Waals surface area contributed by atoms with Gasteiger partial charge in [-0.2, -0.15) is 5.10 Å². The molecule has 0 saturated heterocycles. The van der Waals surface area contributed by atoms with Crippen molar-refractivity contribution in [2.75, 3.05) is 18.4 Å². The Balaban J connectivity index is 2.25. The molecule has 0 atom stereocenters. The van der Waals surface area contributed by atoms with Crippen molar-refractivity contribution in [3.63, 3.8) is 0 Å². The van der Waals surface area contributed by atoms with Crippen molar-refractivity contribution in [1.82, 2.24) is 20.4 Å². The van der Waals surface area contributed by atoms with Gasteiger partial charge in [-0.3, -0.25) is 5.32 Å². The van der Waals surface area contributed by atoms with E-state index >= 15 is 0 Å². The molecule has 9 nitrogen and oxygen atoms in total. The van der Waals surface area contributed by atoms with Gasteiger partial charge in [0.05, 0.1) is 6.20 Å². The van der Waals surface area contributed by atoms with E-state index in [1.807, 2.05) is 0 Å². The third-order valence-electron chi connectivity index (χ3n) is 2.82. The molecule has 0 aromatic carbocycles. The Hall–Kier alpha value is -2.71. The van der Waals surface area contributed by atoms with E-state index in [2.05, 4.69) is 21.0 Å². The summed E-state index contributed by atoms with van der Waals surface area (Å²) in [5, 5.41) is 29.0. The molecule has 20 heavy (non-hydrogen) atoms. The second-order valence-corrected chi connectivity index (χ2v) is 4.19. The van der Waals surface area contributed by atoms with E-state index in [0.29, 0.717) is 11.1 Å². The van der Waals surface area contributed by atoms with Crippen LogP contribution in [0.3, 0.4) is 0 Å². The Kier molecular flexibility index (Phi) is 4.08. The summed E-state index contributed by atoms with van der Waals surface area (Å²) in [6.45, 7) is 1.55. The quantitative estimate of drug-likeness (QED) is 0.549. The number of fused-ring (bicyclic) bond motifs is 1. The first-order valence-corrected chi connectivity index (χ1v) is 6.03. The molecular formula is C11H15N5O4. The van der Waals surface area contributed by atoms with Gasteiger partial charge in [-0.15, -0.1) is 0 Å². The van der Waals surface area contributed by atoms with Crippen molar-refractivity contribution in [3.05, 3.63) is 18.0 Å². The van der Waals surface area contributed by atoms with Crippen molar-refractivity contribution in [1.29, 1.82) is 0 Å². The molecule has 0 saturated carbocycles. The SMILES string of the molecule is O=C(O)NC=C(CNC(=O)O)c1cnn2c1NCCC2. The number of anilines is 1. The molecule has 1 aromatic rings. The van der Waals surface area contributed by atoms with Gasteiger partial charge >= 0.3 is 12.2 Å². The average molecular weight is 281 g/mol. The minimum absolute atomic E-state index is 0.0179. The van der Waals surface area contributed by atoms with Crippen molar-refractivity contribution in [2.45, 2.75) is 13.0 Å². The van der Waals surface area contributed by atoms with Crippen LogP contribution in [-0.2, 0) is 6.54 Å². The van der Waals surface area contributed by atoms with Gasteiger partial charge in [-0.1, -0.05) is 0 Å². The van der Waals surface area contributed by atoms with Gasteiger partial charge in [-0.05, 0) is 6.42 Å². The summed E-state index contributed by atoms with van der Waals surface area (Å²) >= 11 is 0. The highest BCUT2D eigenvalue weighted by Crippen LogP contribution is 2.25. The van der Waals surface area contributed by atoms with Crippen LogP contribution >= 0.6 is 0 Å².